The summed E-state index contributed by atoms with van der Waals surface area (Å²) < 4.78 is 8.70. The fraction of sp³-hybridized carbons (Fsp3) is 0.211. The molecule has 140 valence electrons. The number of aromatic nitrogens is 3. The van der Waals surface area contributed by atoms with Crippen LogP contribution in [0, 0.1) is 0 Å². The first kappa shape index (κ1) is 19.4. The number of hydrogen-bond donors (Lipinski definition) is 1. The maximum Gasteiger partial charge on any atom is 0.316 e. The van der Waals surface area contributed by atoms with Crippen molar-refractivity contribution in [3.8, 4) is 5.75 Å². The summed E-state index contributed by atoms with van der Waals surface area (Å²) in [6.07, 6.45) is 0. The lowest BCUT2D eigenvalue weighted by atomic mass is 10.2. The molecule has 3 rings (SSSR count). The van der Waals surface area contributed by atoms with Crippen molar-refractivity contribution in [2.75, 3.05) is 0 Å². The molecule has 1 N–H and O–H groups in total. The van der Waals surface area contributed by atoms with E-state index in [0.29, 0.717) is 17.5 Å². The van der Waals surface area contributed by atoms with Gasteiger partial charge in [0.25, 0.3) is 0 Å². The topological polar surface area (TPSA) is 77.2 Å². The van der Waals surface area contributed by atoms with Gasteiger partial charge in [0.15, 0.2) is 11.0 Å². The van der Waals surface area contributed by atoms with Crippen LogP contribution in [0.15, 0.2) is 64.2 Å². The number of carboxylic acid groups (broad SMARTS) is 1. The van der Waals surface area contributed by atoms with Crippen LogP contribution < -0.4 is 4.74 Å². The summed E-state index contributed by atoms with van der Waals surface area (Å²) in [5.41, 5.74) is 1.08. The Balaban J connectivity index is 1.82. The van der Waals surface area contributed by atoms with Gasteiger partial charge in [0, 0.05) is 4.47 Å². The summed E-state index contributed by atoms with van der Waals surface area (Å²) in [6.45, 7) is 2.41. The van der Waals surface area contributed by atoms with Gasteiger partial charge in [-0.1, -0.05) is 58.0 Å². The zero-order valence-corrected chi connectivity index (χ0v) is 17.0. The molecule has 1 aromatic heterocycles. The number of carbonyl (C=O) groups is 1. The van der Waals surface area contributed by atoms with E-state index in [2.05, 4.69) is 26.1 Å². The molecule has 0 aliphatic carbocycles. The lowest BCUT2D eigenvalue weighted by Gasteiger charge is -2.12. The van der Waals surface area contributed by atoms with Gasteiger partial charge in [0.2, 0.25) is 0 Å². The standard InChI is InChI=1S/C19H18BrN3O3S/c1-13(18(24)25)27-19-22-21-17(12-26-16-9-7-15(20)8-10-16)23(19)11-14-5-3-2-4-6-14/h2-10,13H,11-12H2,1H3,(H,24,25). The minimum Gasteiger partial charge on any atom is -0.486 e. The Morgan fingerprint density at radius 3 is 2.56 bits per heavy atom. The Bertz CT molecular complexity index is 900. The highest BCUT2D eigenvalue weighted by Crippen LogP contribution is 2.24. The molecule has 0 bridgehead atoms. The third-order valence-corrected chi connectivity index (χ3v) is 5.39. The molecule has 0 spiro atoms. The molecule has 0 fully saturated rings. The van der Waals surface area contributed by atoms with Gasteiger partial charge in [-0.15, -0.1) is 10.2 Å². The molecule has 0 saturated heterocycles. The number of thioether (sulfide) groups is 1. The van der Waals surface area contributed by atoms with E-state index in [1.807, 2.05) is 59.2 Å². The smallest absolute Gasteiger partial charge is 0.316 e. The minimum absolute atomic E-state index is 0.240. The number of halogens is 1. The molecule has 3 aromatic rings. The Morgan fingerprint density at radius 1 is 1.19 bits per heavy atom. The van der Waals surface area contributed by atoms with Crippen molar-refractivity contribution in [3.05, 3.63) is 70.5 Å². The molecule has 8 heteroatoms. The SMILES string of the molecule is CC(Sc1nnc(COc2ccc(Br)cc2)n1Cc1ccccc1)C(=O)O. The summed E-state index contributed by atoms with van der Waals surface area (Å²) in [6, 6.07) is 17.4. The van der Waals surface area contributed by atoms with Crippen molar-refractivity contribution >= 4 is 33.7 Å². The van der Waals surface area contributed by atoms with E-state index < -0.39 is 11.2 Å². The van der Waals surface area contributed by atoms with Crippen molar-refractivity contribution in [1.82, 2.24) is 14.8 Å². The van der Waals surface area contributed by atoms with Crippen LogP contribution in [0.2, 0.25) is 0 Å². The van der Waals surface area contributed by atoms with Crippen LogP contribution in [0.4, 0.5) is 0 Å². The first-order valence-electron chi connectivity index (χ1n) is 8.27. The highest BCUT2D eigenvalue weighted by molar-refractivity contribution is 9.10. The second kappa shape index (κ2) is 9.05. The molecule has 1 heterocycles. The summed E-state index contributed by atoms with van der Waals surface area (Å²) >= 11 is 4.57. The maximum atomic E-state index is 11.2. The molecule has 1 unspecified atom stereocenters. The van der Waals surface area contributed by atoms with Crippen LogP contribution in [0.1, 0.15) is 18.3 Å². The molecule has 27 heavy (non-hydrogen) atoms. The maximum absolute atomic E-state index is 11.2. The summed E-state index contributed by atoms with van der Waals surface area (Å²) in [5.74, 6) is 0.476. The summed E-state index contributed by atoms with van der Waals surface area (Å²) in [4.78, 5) is 11.2. The predicted octanol–water partition coefficient (Wildman–Crippen LogP) is 4.23. The number of benzene rings is 2. The molecule has 1 atom stereocenters. The van der Waals surface area contributed by atoms with Gasteiger partial charge in [-0.3, -0.25) is 9.36 Å². The largest absolute Gasteiger partial charge is 0.486 e. The number of carboxylic acids is 1. The Kier molecular flexibility index (Phi) is 6.52. The average Bonchev–Trinajstić information content (AvgIpc) is 3.03. The molecule has 0 saturated carbocycles. The van der Waals surface area contributed by atoms with Crippen LogP contribution in [-0.2, 0) is 17.9 Å². The van der Waals surface area contributed by atoms with Crippen molar-refractivity contribution in [1.29, 1.82) is 0 Å². The molecule has 0 aliphatic heterocycles. The van der Waals surface area contributed by atoms with E-state index in [4.69, 9.17) is 4.74 Å². The van der Waals surface area contributed by atoms with Gasteiger partial charge in [-0.2, -0.15) is 0 Å². The van der Waals surface area contributed by atoms with Crippen molar-refractivity contribution in [2.45, 2.75) is 30.5 Å². The Hall–Kier alpha value is -2.32. The van der Waals surface area contributed by atoms with Crippen LogP contribution in [0.5, 0.6) is 5.75 Å². The van der Waals surface area contributed by atoms with Crippen LogP contribution >= 0.6 is 27.7 Å². The van der Waals surface area contributed by atoms with Gasteiger partial charge >= 0.3 is 5.97 Å². The predicted molar refractivity (Wildman–Crippen MR) is 107 cm³/mol. The lowest BCUT2D eigenvalue weighted by molar-refractivity contribution is -0.136. The molecular formula is C19H18BrN3O3S. The zero-order chi connectivity index (χ0) is 19.2. The third kappa shape index (κ3) is 5.33. The Labute approximate surface area is 169 Å². The quantitative estimate of drug-likeness (QED) is 0.520. The van der Waals surface area contributed by atoms with Gasteiger partial charge in [-0.05, 0) is 36.8 Å². The molecular weight excluding hydrogens is 430 g/mol. The highest BCUT2D eigenvalue weighted by Gasteiger charge is 2.20. The van der Waals surface area contributed by atoms with E-state index in [1.54, 1.807) is 6.92 Å². The van der Waals surface area contributed by atoms with Gasteiger partial charge in [0.05, 0.1) is 6.54 Å². The number of hydrogen-bond acceptors (Lipinski definition) is 5. The zero-order valence-electron chi connectivity index (χ0n) is 14.6. The van der Waals surface area contributed by atoms with E-state index in [1.165, 1.54) is 11.8 Å². The van der Waals surface area contributed by atoms with E-state index >= 15 is 0 Å². The fourth-order valence-corrected chi connectivity index (χ4v) is 3.39. The van der Waals surface area contributed by atoms with Gasteiger partial charge in [0.1, 0.15) is 17.6 Å². The summed E-state index contributed by atoms with van der Waals surface area (Å²) in [5, 5.41) is 17.5. The molecule has 6 nitrogen and oxygen atoms in total. The summed E-state index contributed by atoms with van der Waals surface area (Å²) in [7, 11) is 0. The normalized spacial score (nSPS) is 11.9. The molecule has 2 aromatic carbocycles. The second-order valence-electron chi connectivity index (χ2n) is 5.81. The number of rotatable bonds is 8. The Morgan fingerprint density at radius 2 is 1.89 bits per heavy atom. The van der Waals surface area contributed by atoms with Gasteiger partial charge in [-0.25, -0.2) is 0 Å². The first-order valence-corrected chi connectivity index (χ1v) is 9.94. The minimum atomic E-state index is -0.887. The van der Waals surface area contributed by atoms with Crippen LogP contribution in [0.3, 0.4) is 0 Å². The first-order chi connectivity index (χ1) is 13.0. The highest BCUT2D eigenvalue weighted by atomic mass is 79.9. The molecule has 0 aliphatic rings. The van der Waals surface area contributed by atoms with E-state index in [9.17, 15) is 9.90 Å². The monoisotopic (exact) mass is 447 g/mol. The molecule has 0 radical (unpaired) electrons. The van der Waals surface area contributed by atoms with Crippen LogP contribution in [-0.4, -0.2) is 31.1 Å². The van der Waals surface area contributed by atoms with Crippen molar-refractivity contribution in [2.24, 2.45) is 0 Å². The van der Waals surface area contributed by atoms with Crippen molar-refractivity contribution < 1.29 is 14.6 Å². The third-order valence-electron chi connectivity index (χ3n) is 3.79. The van der Waals surface area contributed by atoms with E-state index in [0.717, 1.165) is 15.8 Å². The number of aliphatic carboxylic acids is 1. The average molecular weight is 448 g/mol. The fourth-order valence-electron chi connectivity index (χ4n) is 2.32. The lowest BCUT2D eigenvalue weighted by Crippen LogP contribution is -2.14. The number of nitrogens with zero attached hydrogens (tertiary/aromatic N) is 3. The van der Waals surface area contributed by atoms with Gasteiger partial charge < -0.3 is 9.84 Å². The second-order valence-corrected chi connectivity index (χ2v) is 8.04. The number of ether oxygens (including phenoxy) is 1. The van der Waals surface area contributed by atoms with E-state index in [-0.39, 0.29) is 6.61 Å². The molecule has 0 amide bonds. The van der Waals surface area contributed by atoms with Crippen molar-refractivity contribution in [3.63, 3.8) is 0 Å². The van der Waals surface area contributed by atoms with Crippen LogP contribution in [0.25, 0.3) is 0 Å².